The minimum absolute atomic E-state index is 0.239. The highest BCUT2D eigenvalue weighted by Gasteiger charge is 2.22. The molecule has 1 aliphatic heterocycles. The van der Waals surface area contributed by atoms with E-state index in [9.17, 15) is 13.2 Å². The van der Waals surface area contributed by atoms with Crippen LogP contribution in [0, 0.1) is 0 Å². The Labute approximate surface area is 89.5 Å². The molecular formula is C8H17N3O3S. The van der Waals surface area contributed by atoms with E-state index in [1.54, 1.807) is 0 Å². The maximum Gasteiger partial charge on any atom is 0.312 e. The monoisotopic (exact) mass is 235 g/mol. The van der Waals surface area contributed by atoms with Gasteiger partial charge in [0.25, 0.3) is 0 Å². The van der Waals surface area contributed by atoms with Crippen molar-refractivity contribution in [3.8, 4) is 0 Å². The summed E-state index contributed by atoms with van der Waals surface area (Å²) in [4.78, 5) is 10.3. The molecule has 0 atom stereocenters. The number of nitrogens with one attached hydrogen (secondary N) is 2. The molecule has 1 rings (SSSR count). The summed E-state index contributed by atoms with van der Waals surface area (Å²) in [5.74, 6) is 0.516. The van der Waals surface area contributed by atoms with Gasteiger partial charge in [0.1, 0.15) is 9.84 Å². The van der Waals surface area contributed by atoms with Gasteiger partial charge in [-0.05, 0) is 12.8 Å². The normalized spacial score (nSPS) is 21.1. The van der Waals surface area contributed by atoms with Gasteiger partial charge >= 0.3 is 6.03 Å². The molecule has 7 heteroatoms. The van der Waals surface area contributed by atoms with Crippen LogP contribution < -0.4 is 16.4 Å². The van der Waals surface area contributed by atoms with Gasteiger partial charge in [0.2, 0.25) is 0 Å². The van der Waals surface area contributed by atoms with Crippen molar-refractivity contribution in [2.24, 2.45) is 5.73 Å². The summed E-state index contributed by atoms with van der Waals surface area (Å²) in [6, 6.07) is -0.300. The van der Waals surface area contributed by atoms with Gasteiger partial charge in [-0.25, -0.2) is 13.2 Å². The first-order valence-corrected chi connectivity index (χ1v) is 6.79. The van der Waals surface area contributed by atoms with Gasteiger partial charge < -0.3 is 16.4 Å². The molecule has 0 radical (unpaired) electrons. The summed E-state index contributed by atoms with van der Waals surface area (Å²) in [7, 11) is -2.79. The second kappa shape index (κ2) is 5.32. The van der Waals surface area contributed by atoms with Crippen molar-refractivity contribution in [3.05, 3.63) is 0 Å². The van der Waals surface area contributed by atoms with Crippen molar-refractivity contribution < 1.29 is 13.2 Å². The lowest BCUT2D eigenvalue weighted by Gasteiger charge is -2.22. The third-order valence-electron chi connectivity index (χ3n) is 2.41. The van der Waals surface area contributed by atoms with Crippen molar-refractivity contribution >= 4 is 15.9 Å². The van der Waals surface area contributed by atoms with E-state index in [0.29, 0.717) is 25.9 Å². The smallest absolute Gasteiger partial charge is 0.312 e. The van der Waals surface area contributed by atoms with E-state index in [4.69, 9.17) is 5.73 Å². The average Bonchev–Trinajstić information content (AvgIpc) is 2.14. The predicted molar refractivity (Wildman–Crippen MR) is 57.3 cm³/mol. The van der Waals surface area contributed by atoms with Crippen molar-refractivity contribution in [2.75, 3.05) is 24.6 Å². The maximum absolute atomic E-state index is 11.1. The lowest BCUT2D eigenvalue weighted by atomic mass is 10.1. The van der Waals surface area contributed by atoms with Crippen LogP contribution in [-0.4, -0.2) is 45.1 Å². The first-order valence-electron chi connectivity index (χ1n) is 4.97. The second-order valence-electron chi connectivity index (χ2n) is 3.67. The Morgan fingerprint density at radius 2 is 1.87 bits per heavy atom. The van der Waals surface area contributed by atoms with Crippen LogP contribution in [0.2, 0.25) is 0 Å². The second-order valence-corrected chi connectivity index (χ2v) is 5.97. The third-order valence-corrected chi connectivity index (χ3v) is 4.13. The van der Waals surface area contributed by atoms with Crippen LogP contribution >= 0.6 is 0 Å². The summed E-state index contributed by atoms with van der Waals surface area (Å²) in [5, 5.41) is 5.64. The first-order chi connectivity index (χ1) is 6.99. The number of sulfone groups is 1. The lowest BCUT2D eigenvalue weighted by Crippen LogP contribution is -2.42. The Morgan fingerprint density at radius 3 is 2.40 bits per heavy atom. The standard InChI is InChI=1S/C8H17N3O3S/c9-8(12)11-4-3-10-7-1-5-15(13,14)6-2-7/h7,10H,1-6H2,(H3,9,11,12). The molecule has 0 unspecified atom stereocenters. The quantitative estimate of drug-likeness (QED) is 0.534. The topological polar surface area (TPSA) is 101 Å². The minimum atomic E-state index is -2.79. The van der Waals surface area contributed by atoms with Crippen molar-refractivity contribution in [3.63, 3.8) is 0 Å². The molecule has 4 N–H and O–H groups in total. The van der Waals surface area contributed by atoms with Crippen molar-refractivity contribution in [1.29, 1.82) is 0 Å². The molecule has 1 aliphatic rings. The van der Waals surface area contributed by atoms with Crippen LogP contribution in [0.15, 0.2) is 0 Å². The molecule has 1 fully saturated rings. The number of rotatable bonds is 4. The number of hydrogen-bond donors (Lipinski definition) is 3. The van der Waals surface area contributed by atoms with Crippen molar-refractivity contribution in [2.45, 2.75) is 18.9 Å². The first kappa shape index (κ1) is 12.3. The summed E-state index contributed by atoms with van der Waals surface area (Å²) in [5.41, 5.74) is 4.89. The van der Waals surface area contributed by atoms with Crippen LogP contribution in [0.25, 0.3) is 0 Å². The highest BCUT2D eigenvalue weighted by atomic mass is 32.2. The van der Waals surface area contributed by atoms with Crippen molar-refractivity contribution in [1.82, 2.24) is 10.6 Å². The van der Waals surface area contributed by atoms with Gasteiger partial charge in [-0.1, -0.05) is 0 Å². The van der Waals surface area contributed by atoms with Gasteiger partial charge in [-0.3, -0.25) is 0 Å². The molecule has 0 spiro atoms. The lowest BCUT2D eigenvalue weighted by molar-refractivity contribution is 0.248. The Hall–Kier alpha value is -0.820. The van der Waals surface area contributed by atoms with Crippen LogP contribution in [-0.2, 0) is 9.84 Å². The van der Waals surface area contributed by atoms with Gasteiger partial charge in [0.15, 0.2) is 0 Å². The van der Waals surface area contributed by atoms with Gasteiger partial charge in [0.05, 0.1) is 11.5 Å². The zero-order valence-corrected chi connectivity index (χ0v) is 9.35. The van der Waals surface area contributed by atoms with Crippen LogP contribution in [0.3, 0.4) is 0 Å². The fraction of sp³-hybridized carbons (Fsp3) is 0.875. The van der Waals surface area contributed by atoms with E-state index >= 15 is 0 Å². The molecule has 1 saturated heterocycles. The van der Waals surface area contributed by atoms with E-state index in [0.717, 1.165) is 0 Å². The Kier molecular flexibility index (Phi) is 4.34. The number of hydrogen-bond acceptors (Lipinski definition) is 4. The number of carbonyl (C=O) groups is 1. The SMILES string of the molecule is NC(=O)NCCNC1CCS(=O)(=O)CC1. The summed E-state index contributed by atoms with van der Waals surface area (Å²) in [6.07, 6.45) is 1.30. The van der Waals surface area contributed by atoms with E-state index in [-0.39, 0.29) is 17.5 Å². The highest BCUT2D eigenvalue weighted by Crippen LogP contribution is 2.11. The molecule has 1 heterocycles. The van der Waals surface area contributed by atoms with Gasteiger partial charge in [0, 0.05) is 19.1 Å². The summed E-state index contributed by atoms with van der Waals surface area (Å²) in [6.45, 7) is 1.09. The van der Waals surface area contributed by atoms with Crippen LogP contribution in [0.5, 0.6) is 0 Å². The fourth-order valence-corrected chi connectivity index (χ4v) is 3.05. The molecule has 0 aliphatic carbocycles. The number of primary amides is 1. The predicted octanol–water partition coefficient (Wildman–Crippen LogP) is -1.18. The van der Waals surface area contributed by atoms with Crippen LogP contribution in [0.1, 0.15) is 12.8 Å². The van der Waals surface area contributed by atoms with E-state index in [2.05, 4.69) is 10.6 Å². The molecule has 88 valence electrons. The van der Waals surface area contributed by atoms with Crippen LogP contribution in [0.4, 0.5) is 4.79 Å². The minimum Gasteiger partial charge on any atom is -0.352 e. The van der Waals surface area contributed by atoms with E-state index in [1.165, 1.54) is 0 Å². The number of carbonyl (C=O) groups excluding carboxylic acids is 1. The number of amides is 2. The number of urea groups is 1. The molecule has 15 heavy (non-hydrogen) atoms. The Balaban J connectivity index is 2.11. The third kappa shape index (κ3) is 4.98. The molecule has 6 nitrogen and oxygen atoms in total. The fourth-order valence-electron chi connectivity index (χ4n) is 1.56. The molecule has 0 bridgehead atoms. The molecule has 0 saturated carbocycles. The Bertz CT molecular complexity index is 301. The molecule has 0 aromatic rings. The summed E-state index contributed by atoms with van der Waals surface area (Å²) >= 11 is 0. The zero-order valence-electron chi connectivity index (χ0n) is 8.53. The van der Waals surface area contributed by atoms with E-state index in [1.807, 2.05) is 0 Å². The maximum atomic E-state index is 11.1. The largest absolute Gasteiger partial charge is 0.352 e. The molecule has 0 aromatic carbocycles. The highest BCUT2D eigenvalue weighted by molar-refractivity contribution is 7.91. The molecular weight excluding hydrogens is 218 g/mol. The zero-order chi connectivity index (χ0) is 11.3. The molecule has 2 amide bonds. The molecule has 0 aromatic heterocycles. The van der Waals surface area contributed by atoms with Gasteiger partial charge in [-0.15, -0.1) is 0 Å². The van der Waals surface area contributed by atoms with Gasteiger partial charge in [-0.2, -0.15) is 0 Å². The van der Waals surface area contributed by atoms with E-state index < -0.39 is 15.9 Å². The summed E-state index contributed by atoms with van der Waals surface area (Å²) < 4.78 is 22.2. The average molecular weight is 235 g/mol. The Morgan fingerprint density at radius 1 is 1.27 bits per heavy atom. The number of nitrogens with two attached hydrogens (primary N) is 1.